The molecule has 2 amide bonds. The normalized spacial score (nSPS) is 34.7. The highest BCUT2D eigenvalue weighted by Crippen LogP contribution is 2.52. The lowest BCUT2D eigenvalue weighted by atomic mass is 9.76. The van der Waals surface area contributed by atoms with Crippen LogP contribution in [-0.4, -0.2) is 54.7 Å². The minimum atomic E-state index is -0.588. The third kappa shape index (κ3) is 4.40. The van der Waals surface area contributed by atoms with E-state index >= 15 is 0 Å². The molecule has 5 rings (SSSR count). The molecule has 30 heavy (non-hydrogen) atoms. The number of carbonyl (C=O) groups is 2. The fourth-order valence-corrected chi connectivity index (χ4v) is 4.90. The van der Waals surface area contributed by atoms with Crippen LogP contribution in [-0.2, 0) is 9.59 Å². The van der Waals surface area contributed by atoms with E-state index in [0.29, 0.717) is 18.5 Å². The first-order chi connectivity index (χ1) is 14.2. The number of piperazine rings is 1. The zero-order valence-corrected chi connectivity index (χ0v) is 17.9. The zero-order chi connectivity index (χ0) is 21.5. The van der Waals surface area contributed by atoms with Crippen LogP contribution in [0.1, 0.15) is 33.1 Å². The molecule has 0 aromatic heterocycles. The number of halogens is 2. The van der Waals surface area contributed by atoms with E-state index in [4.69, 9.17) is 16.3 Å². The summed E-state index contributed by atoms with van der Waals surface area (Å²) in [6.07, 6.45) is 2.47. The number of hydrogen-bond donors (Lipinski definition) is 4. The SMILES string of the molecule is CC1NCC(C(=O)NC23CC(C2)[C@@H](NC(=O)COc2ccc(Cl)c(F)c2)C3)NC1C. The van der Waals surface area contributed by atoms with E-state index in [9.17, 15) is 14.0 Å². The lowest BCUT2D eigenvalue weighted by Gasteiger charge is -2.41. The van der Waals surface area contributed by atoms with E-state index in [-0.39, 0.29) is 52.9 Å². The number of ether oxygens (including phenoxy) is 1. The first-order valence-electron chi connectivity index (χ1n) is 10.4. The fourth-order valence-electron chi connectivity index (χ4n) is 4.79. The van der Waals surface area contributed by atoms with Crippen LogP contribution in [0.3, 0.4) is 0 Å². The van der Waals surface area contributed by atoms with Crippen LogP contribution in [0.5, 0.6) is 5.75 Å². The molecule has 7 nitrogen and oxygen atoms in total. The smallest absolute Gasteiger partial charge is 0.258 e. The summed E-state index contributed by atoms with van der Waals surface area (Å²) in [4.78, 5) is 25.0. The highest BCUT2D eigenvalue weighted by molar-refractivity contribution is 6.30. The Morgan fingerprint density at radius 2 is 2.03 bits per heavy atom. The molecule has 4 atom stereocenters. The number of amides is 2. The Labute approximate surface area is 180 Å². The molecule has 0 spiro atoms. The molecule has 4 fully saturated rings. The van der Waals surface area contributed by atoms with Crippen LogP contribution in [0.4, 0.5) is 4.39 Å². The number of rotatable bonds is 6. The van der Waals surface area contributed by atoms with Gasteiger partial charge in [-0.3, -0.25) is 9.59 Å². The van der Waals surface area contributed by atoms with Crippen LogP contribution < -0.4 is 26.0 Å². The maximum atomic E-state index is 13.5. The van der Waals surface area contributed by atoms with Crippen molar-refractivity contribution in [3.63, 3.8) is 0 Å². The molecular formula is C21H28ClFN4O3. The molecule has 1 saturated heterocycles. The molecular weight excluding hydrogens is 411 g/mol. The van der Waals surface area contributed by atoms with Gasteiger partial charge in [-0.1, -0.05) is 11.6 Å². The maximum Gasteiger partial charge on any atom is 0.258 e. The van der Waals surface area contributed by atoms with Crippen LogP contribution >= 0.6 is 11.6 Å². The summed E-state index contributed by atoms with van der Waals surface area (Å²) < 4.78 is 18.8. The number of nitrogens with one attached hydrogen (secondary N) is 4. The maximum absolute atomic E-state index is 13.5. The van der Waals surface area contributed by atoms with Gasteiger partial charge in [-0.15, -0.1) is 0 Å². The fraction of sp³-hybridized carbons (Fsp3) is 0.619. The van der Waals surface area contributed by atoms with Gasteiger partial charge in [0.2, 0.25) is 5.91 Å². The Kier molecular flexibility index (Phi) is 5.92. The van der Waals surface area contributed by atoms with Crippen molar-refractivity contribution in [2.45, 2.75) is 62.8 Å². The summed E-state index contributed by atoms with van der Waals surface area (Å²) in [5.41, 5.74) is -0.228. The molecule has 3 unspecified atom stereocenters. The van der Waals surface area contributed by atoms with Crippen molar-refractivity contribution >= 4 is 23.4 Å². The van der Waals surface area contributed by atoms with Gasteiger partial charge in [0.15, 0.2) is 6.61 Å². The van der Waals surface area contributed by atoms with Gasteiger partial charge >= 0.3 is 0 Å². The average Bonchev–Trinajstić information content (AvgIpc) is 3.18. The van der Waals surface area contributed by atoms with Crippen LogP contribution in [0.25, 0.3) is 0 Å². The minimum Gasteiger partial charge on any atom is -0.484 e. The Hall–Kier alpha value is -1.90. The van der Waals surface area contributed by atoms with E-state index in [1.807, 2.05) is 0 Å². The average molecular weight is 439 g/mol. The second-order valence-electron chi connectivity index (χ2n) is 8.89. The summed E-state index contributed by atoms with van der Waals surface area (Å²) >= 11 is 5.64. The predicted molar refractivity (Wildman–Crippen MR) is 111 cm³/mol. The summed E-state index contributed by atoms with van der Waals surface area (Å²) in [6.45, 7) is 4.58. The van der Waals surface area contributed by atoms with E-state index in [1.54, 1.807) is 0 Å². The quantitative estimate of drug-likeness (QED) is 0.538. The van der Waals surface area contributed by atoms with Crippen molar-refractivity contribution < 1.29 is 18.7 Å². The Bertz CT molecular complexity index is 832. The first-order valence-corrected chi connectivity index (χ1v) is 10.8. The van der Waals surface area contributed by atoms with Gasteiger partial charge in [0, 0.05) is 36.3 Å². The topological polar surface area (TPSA) is 91.5 Å². The lowest BCUT2D eigenvalue weighted by Crippen LogP contribution is -2.65. The molecule has 4 N–H and O–H groups in total. The minimum absolute atomic E-state index is 0.00746. The number of carbonyl (C=O) groups excluding carboxylic acids is 2. The summed E-state index contributed by atoms with van der Waals surface area (Å²) in [5, 5.41) is 12.9. The largest absolute Gasteiger partial charge is 0.484 e. The van der Waals surface area contributed by atoms with Crippen molar-refractivity contribution in [2.75, 3.05) is 13.2 Å². The highest BCUT2D eigenvalue weighted by Gasteiger charge is 2.57. The molecule has 3 aliphatic carbocycles. The van der Waals surface area contributed by atoms with Crippen LogP contribution in [0, 0.1) is 11.7 Å². The lowest BCUT2D eigenvalue weighted by molar-refractivity contribution is -0.127. The van der Waals surface area contributed by atoms with Crippen molar-refractivity contribution in [3.05, 3.63) is 29.0 Å². The van der Waals surface area contributed by atoms with Gasteiger partial charge in [0.25, 0.3) is 5.91 Å². The Morgan fingerprint density at radius 1 is 1.27 bits per heavy atom. The molecule has 9 heteroatoms. The zero-order valence-electron chi connectivity index (χ0n) is 17.1. The monoisotopic (exact) mass is 438 g/mol. The molecule has 164 valence electrons. The van der Waals surface area contributed by atoms with E-state index in [2.05, 4.69) is 35.1 Å². The van der Waals surface area contributed by atoms with Gasteiger partial charge in [0.1, 0.15) is 11.6 Å². The van der Waals surface area contributed by atoms with Crippen molar-refractivity contribution in [1.82, 2.24) is 21.3 Å². The van der Waals surface area contributed by atoms with Gasteiger partial charge in [0.05, 0.1) is 11.1 Å². The molecule has 3 saturated carbocycles. The molecule has 0 radical (unpaired) electrons. The molecule has 1 heterocycles. The van der Waals surface area contributed by atoms with Gasteiger partial charge < -0.3 is 26.0 Å². The molecule has 1 aliphatic heterocycles. The molecule has 1 aromatic rings. The molecule has 2 bridgehead atoms. The van der Waals surface area contributed by atoms with E-state index < -0.39 is 5.82 Å². The van der Waals surface area contributed by atoms with Crippen LogP contribution in [0.15, 0.2) is 18.2 Å². The standard InChI is InChI=1S/C21H28ClFN4O3/c1-11-12(2)25-18(9-24-11)20(29)27-21-6-13(7-21)17(8-21)26-19(28)10-30-14-3-4-15(22)16(23)5-14/h3-5,11-13,17-18,24-25H,6-10H2,1-2H3,(H,26,28)(H,27,29)/t11?,12?,13?,17-,18?,21?/m0/s1. The molecule has 4 aliphatic rings. The van der Waals surface area contributed by atoms with Crippen molar-refractivity contribution in [1.29, 1.82) is 0 Å². The first kappa shape index (κ1) is 21.3. The summed E-state index contributed by atoms with van der Waals surface area (Å²) in [7, 11) is 0. The summed E-state index contributed by atoms with van der Waals surface area (Å²) in [6, 6.07) is 4.39. The predicted octanol–water partition coefficient (Wildman–Crippen LogP) is 1.35. The van der Waals surface area contributed by atoms with E-state index in [1.165, 1.54) is 12.1 Å². The number of fused-ring (bicyclic) bond motifs is 1. The second-order valence-corrected chi connectivity index (χ2v) is 9.29. The number of benzene rings is 1. The Balaban J connectivity index is 1.23. The van der Waals surface area contributed by atoms with Crippen LogP contribution in [0.2, 0.25) is 5.02 Å². The summed E-state index contributed by atoms with van der Waals surface area (Å²) in [5.74, 6) is -0.220. The van der Waals surface area contributed by atoms with Crippen molar-refractivity contribution in [3.8, 4) is 5.75 Å². The van der Waals surface area contributed by atoms with E-state index in [0.717, 1.165) is 25.3 Å². The molecule has 1 aromatic carbocycles. The van der Waals surface area contributed by atoms with Gasteiger partial charge in [-0.2, -0.15) is 0 Å². The third-order valence-electron chi connectivity index (χ3n) is 6.66. The van der Waals surface area contributed by atoms with Gasteiger partial charge in [-0.05, 0) is 51.2 Å². The number of hydrogen-bond acceptors (Lipinski definition) is 5. The third-order valence-corrected chi connectivity index (χ3v) is 6.96. The second kappa shape index (κ2) is 8.32. The Morgan fingerprint density at radius 3 is 2.73 bits per heavy atom. The highest BCUT2D eigenvalue weighted by atomic mass is 35.5. The van der Waals surface area contributed by atoms with Gasteiger partial charge in [-0.25, -0.2) is 4.39 Å². The van der Waals surface area contributed by atoms with Crippen molar-refractivity contribution in [2.24, 2.45) is 5.92 Å².